The SMILES string of the molecule is C=CCc1c(CC=C)c(CCC)c(CCC)c(CC=C)c1CCC. The molecule has 132 valence electrons. The second-order valence-corrected chi connectivity index (χ2v) is 6.60. The van der Waals surface area contributed by atoms with E-state index in [1.807, 2.05) is 0 Å². The van der Waals surface area contributed by atoms with E-state index in [0.29, 0.717) is 0 Å². The van der Waals surface area contributed by atoms with Crippen molar-refractivity contribution < 1.29 is 0 Å². The molecule has 0 spiro atoms. The maximum absolute atomic E-state index is 4.03. The van der Waals surface area contributed by atoms with E-state index in [9.17, 15) is 0 Å². The van der Waals surface area contributed by atoms with Gasteiger partial charge in [0.2, 0.25) is 0 Å². The van der Waals surface area contributed by atoms with E-state index >= 15 is 0 Å². The third kappa shape index (κ3) is 4.72. The lowest BCUT2D eigenvalue weighted by Gasteiger charge is -2.26. The number of benzene rings is 1. The zero-order valence-electron chi connectivity index (χ0n) is 16.2. The molecule has 0 heterocycles. The number of hydrogen-bond acceptors (Lipinski definition) is 0. The molecule has 0 atom stereocenters. The highest BCUT2D eigenvalue weighted by Gasteiger charge is 2.20. The molecular weight excluding hydrogens is 288 g/mol. The minimum atomic E-state index is 0.964. The zero-order chi connectivity index (χ0) is 17.9. The molecule has 1 aromatic carbocycles. The van der Waals surface area contributed by atoms with Crippen LogP contribution in [0.2, 0.25) is 0 Å². The van der Waals surface area contributed by atoms with Crippen LogP contribution in [-0.4, -0.2) is 0 Å². The summed E-state index contributed by atoms with van der Waals surface area (Å²) >= 11 is 0. The molecule has 0 nitrogen and oxygen atoms in total. The van der Waals surface area contributed by atoms with Crippen molar-refractivity contribution in [2.24, 2.45) is 0 Å². The second kappa shape index (κ2) is 11.1. The van der Waals surface area contributed by atoms with E-state index < -0.39 is 0 Å². The van der Waals surface area contributed by atoms with Crippen molar-refractivity contribution in [3.63, 3.8) is 0 Å². The van der Waals surface area contributed by atoms with E-state index in [1.54, 1.807) is 22.3 Å². The summed E-state index contributed by atoms with van der Waals surface area (Å²) in [5, 5.41) is 0. The van der Waals surface area contributed by atoms with Crippen LogP contribution in [0.4, 0.5) is 0 Å². The molecule has 0 aliphatic carbocycles. The predicted molar refractivity (Wildman–Crippen MR) is 110 cm³/mol. The second-order valence-electron chi connectivity index (χ2n) is 6.60. The van der Waals surface area contributed by atoms with Crippen LogP contribution in [0.1, 0.15) is 73.4 Å². The Balaban J connectivity index is 3.84. The molecule has 0 saturated carbocycles. The fourth-order valence-electron chi connectivity index (χ4n) is 3.92. The first-order valence-electron chi connectivity index (χ1n) is 9.69. The van der Waals surface area contributed by atoms with Gasteiger partial charge < -0.3 is 0 Å². The lowest BCUT2D eigenvalue weighted by molar-refractivity contribution is 0.808. The molecule has 24 heavy (non-hydrogen) atoms. The van der Waals surface area contributed by atoms with Gasteiger partial charge in [-0.1, -0.05) is 58.3 Å². The summed E-state index contributed by atoms with van der Waals surface area (Å²) in [5.41, 5.74) is 9.37. The van der Waals surface area contributed by atoms with Crippen molar-refractivity contribution in [2.45, 2.75) is 78.6 Å². The average Bonchev–Trinajstić information content (AvgIpc) is 2.57. The van der Waals surface area contributed by atoms with Crippen molar-refractivity contribution in [3.8, 4) is 0 Å². The first kappa shape index (κ1) is 20.5. The Morgan fingerprint density at radius 1 is 0.500 bits per heavy atom. The molecule has 0 fully saturated rings. The third-order valence-electron chi connectivity index (χ3n) is 4.73. The topological polar surface area (TPSA) is 0 Å². The molecule has 1 aromatic rings. The Morgan fingerprint density at radius 2 is 0.750 bits per heavy atom. The number of hydrogen-bond donors (Lipinski definition) is 0. The molecule has 0 bridgehead atoms. The summed E-state index contributed by atoms with van der Waals surface area (Å²) in [5.74, 6) is 0. The van der Waals surface area contributed by atoms with Gasteiger partial charge >= 0.3 is 0 Å². The minimum absolute atomic E-state index is 0.964. The predicted octanol–water partition coefficient (Wildman–Crippen LogP) is 6.73. The van der Waals surface area contributed by atoms with Gasteiger partial charge in [-0.3, -0.25) is 0 Å². The highest BCUT2D eigenvalue weighted by molar-refractivity contribution is 5.54. The Kier molecular flexibility index (Phi) is 9.45. The maximum Gasteiger partial charge on any atom is -0.00943 e. The standard InChI is InChI=1S/C24H36/c1-7-13-19-20(14-8-2)22(16-10-4)24(18-12-6)23(17-11-5)21(19)15-9-3/h7-8,11H,1-2,5,9-10,12-18H2,3-4,6H3. The van der Waals surface area contributed by atoms with Crippen molar-refractivity contribution in [3.05, 3.63) is 71.3 Å². The molecule has 0 aliphatic heterocycles. The minimum Gasteiger partial charge on any atom is -0.103 e. The Bertz CT molecular complexity index is 560. The summed E-state index contributed by atoms with van der Waals surface area (Å²) < 4.78 is 0. The van der Waals surface area contributed by atoms with Crippen molar-refractivity contribution >= 4 is 0 Å². The molecule has 0 saturated heterocycles. The van der Waals surface area contributed by atoms with Crippen molar-refractivity contribution in [1.82, 2.24) is 0 Å². The van der Waals surface area contributed by atoms with Crippen LogP contribution < -0.4 is 0 Å². The van der Waals surface area contributed by atoms with E-state index in [1.165, 1.54) is 43.2 Å². The third-order valence-corrected chi connectivity index (χ3v) is 4.73. The van der Waals surface area contributed by atoms with Crippen molar-refractivity contribution in [1.29, 1.82) is 0 Å². The van der Waals surface area contributed by atoms with Gasteiger partial charge in [0.15, 0.2) is 0 Å². The van der Waals surface area contributed by atoms with Crippen LogP contribution in [0.5, 0.6) is 0 Å². The van der Waals surface area contributed by atoms with Gasteiger partial charge in [-0.15, -0.1) is 19.7 Å². The van der Waals surface area contributed by atoms with E-state index in [2.05, 4.69) is 58.7 Å². The first-order chi connectivity index (χ1) is 11.7. The molecule has 0 unspecified atom stereocenters. The van der Waals surface area contributed by atoms with Crippen LogP contribution in [0, 0.1) is 0 Å². The highest BCUT2D eigenvalue weighted by Crippen LogP contribution is 2.33. The largest absolute Gasteiger partial charge is 0.103 e. The fourth-order valence-corrected chi connectivity index (χ4v) is 3.92. The van der Waals surface area contributed by atoms with E-state index in [4.69, 9.17) is 0 Å². The van der Waals surface area contributed by atoms with Crippen LogP contribution in [0.25, 0.3) is 0 Å². The van der Waals surface area contributed by atoms with Gasteiger partial charge in [0, 0.05) is 0 Å². The van der Waals surface area contributed by atoms with Crippen LogP contribution >= 0.6 is 0 Å². The molecule has 0 aromatic heterocycles. The summed E-state index contributed by atoms with van der Waals surface area (Å²) in [4.78, 5) is 0. The smallest absolute Gasteiger partial charge is 0.00943 e. The van der Waals surface area contributed by atoms with Crippen LogP contribution in [-0.2, 0) is 38.5 Å². The van der Waals surface area contributed by atoms with Gasteiger partial charge in [0.1, 0.15) is 0 Å². The van der Waals surface area contributed by atoms with Gasteiger partial charge in [-0.25, -0.2) is 0 Å². The van der Waals surface area contributed by atoms with Gasteiger partial charge in [0.05, 0.1) is 0 Å². The summed E-state index contributed by atoms with van der Waals surface area (Å²) in [6, 6.07) is 0. The van der Waals surface area contributed by atoms with Gasteiger partial charge in [0.25, 0.3) is 0 Å². The Labute approximate surface area is 150 Å². The molecular formula is C24H36. The Morgan fingerprint density at radius 3 is 1.00 bits per heavy atom. The quantitative estimate of drug-likeness (QED) is 0.374. The van der Waals surface area contributed by atoms with Gasteiger partial charge in [-0.05, 0) is 71.9 Å². The average molecular weight is 325 g/mol. The zero-order valence-corrected chi connectivity index (χ0v) is 16.2. The lowest BCUT2D eigenvalue weighted by Crippen LogP contribution is -2.13. The molecule has 0 heteroatoms. The van der Waals surface area contributed by atoms with Crippen molar-refractivity contribution in [2.75, 3.05) is 0 Å². The van der Waals surface area contributed by atoms with E-state index in [-0.39, 0.29) is 0 Å². The first-order valence-corrected chi connectivity index (χ1v) is 9.69. The summed E-state index contributed by atoms with van der Waals surface area (Å²) in [7, 11) is 0. The molecule has 0 radical (unpaired) electrons. The van der Waals surface area contributed by atoms with Crippen LogP contribution in [0.3, 0.4) is 0 Å². The van der Waals surface area contributed by atoms with E-state index in [0.717, 1.165) is 25.7 Å². The van der Waals surface area contributed by atoms with Gasteiger partial charge in [-0.2, -0.15) is 0 Å². The van der Waals surface area contributed by atoms with Crippen LogP contribution in [0.15, 0.2) is 38.0 Å². The molecule has 0 aliphatic rings. The highest BCUT2D eigenvalue weighted by atomic mass is 14.2. The number of allylic oxidation sites excluding steroid dienone is 3. The lowest BCUT2D eigenvalue weighted by atomic mass is 9.79. The normalized spacial score (nSPS) is 10.6. The summed E-state index contributed by atoms with van der Waals surface area (Å²) in [6.45, 7) is 18.9. The fraction of sp³-hybridized carbons (Fsp3) is 0.500. The molecule has 1 rings (SSSR count). The summed E-state index contributed by atoms with van der Waals surface area (Å²) in [6.07, 6.45) is 16.2. The monoisotopic (exact) mass is 324 g/mol. The number of rotatable bonds is 12. The maximum atomic E-state index is 4.03. The molecule has 0 amide bonds. The Hall–Kier alpha value is -1.56. The molecule has 0 N–H and O–H groups in total.